The van der Waals surface area contributed by atoms with Gasteiger partial charge in [-0.3, -0.25) is 10.1 Å². The molecule has 0 aliphatic heterocycles. The van der Waals surface area contributed by atoms with Crippen LogP contribution < -0.4 is 20.1 Å². The number of carbonyl (C=O) groups is 2. The fourth-order valence-corrected chi connectivity index (χ4v) is 3.42. The number of carbonyl (C=O) groups excluding carboxylic acids is 2. The molecule has 7 nitrogen and oxygen atoms in total. The van der Waals surface area contributed by atoms with Crippen molar-refractivity contribution >= 4 is 11.9 Å². The van der Waals surface area contributed by atoms with Crippen LogP contribution in [0.25, 0.3) is 0 Å². The van der Waals surface area contributed by atoms with Crippen molar-refractivity contribution in [2.75, 3.05) is 13.2 Å². The van der Waals surface area contributed by atoms with Crippen LogP contribution in [0.4, 0.5) is 4.79 Å². The Bertz CT molecular complexity index is 837. The molecule has 0 unspecified atom stereocenters. The largest absolute Gasteiger partial charge is 0.508 e. The molecule has 0 fully saturated rings. The van der Waals surface area contributed by atoms with Crippen LogP contribution in [-0.4, -0.2) is 30.2 Å². The number of hydrogen-bond donors (Lipinski definition) is 3. The van der Waals surface area contributed by atoms with Crippen LogP contribution in [0, 0.1) is 0 Å². The number of hydrogen-bond acceptors (Lipinski definition) is 5. The Morgan fingerprint density at radius 1 is 0.735 bits per heavy atom. The number of imide groups is 1. The number of rotatable bonds is 16. The van der Waals surface area contributed by atoms with E-state index in [9.17, 15) is 14.7 Å². The number of urea groups is 1. The molecule has 0 saturated heterocycles. The average molecular weight is 471 g/mol. The van der Waals surface area contributed by atoms with Crippen LogP contribution >= 0.6 is 0 Å². The summed E-state index contributed by atoms with van der Waals surface area (Å²) in [6.45, 7) is 2.53. The van der Waals surface area contributed by atoms with E-state index in [2.05, 4.69) is 17.6 Å². The summed E-state index contributed by atoms with van der Waals surface area (Å²) in [5, 5.41) is 14.3. The number of phenolic OH excluding ortho intramolecular Hbond substituents is 1. The summed E-state index contributed by atoms with van der Waals surface area (Å²) in [7, 11) is 0. The van der Waals surface area contributed by atoms with Crippen LogP contribution in [0.15, 0.2) is 48.5 Å². The Labute approximate surface area is 202 Å². The minimum atomic E-state index is -0.509. The molecule has 34 heavy (non-hydrogen) atoms. The van der Waals surface area contributed by atoms with Gasteiger partial charge in [-0.15, -0.1) is 0 Å². The number of aromatic hydroxyl groups is 1. The highest BCUT2D eigenvalue weighted by atomic mass is 16.5. The summed E-state index contributed by atoms with van der Waals surface area (Å²) in [6.07, 6.45) is 12.4. The first-order valence-electron chi connectivity index (χ1n) is 12.3. The van der Waals surface area contributed by atoms with E-state index in [0.717, 1.165) is 12.8 Å². The highest BCUT2D eigenvalue weighted by Gasteiger charge is 2.08. The summed E-state index contributed by atoms with van der Waals surface area (Å²) in [5.74, 6) is 1.33. The van der Waals surface area contributed by atoms with E-state index in [1.165, 1.54) is 51.4 Å². The molecule has 0 bridgehead atoms. The molecule has 2 rings (SSSR count). The number of benzene rings is 2. The second-order valence-electron chi connectivity index (χ2n) is 8.34. The fraction of sp³-hybridized carbons (Fsp3) is 0.481. The third-order valence-electron chi connectivity index (χ3n) is 5.33. The first-order chi connectivity index (χ1) is 16.6. The van der Waals surface area contributed by atoms with Crippen LogP contribution in [0.1, 0.15) is 71.1 Å². The summed E-state index contributed by atoms with van der Waals surface area (Å²) >= 11 is 0. The first kappa shape index (κ1) is 27.0. The predicted octanol–water partition coefficient (Wildman–Crippen LogP) is 6.31. The Morgan fingerprint density at radius 2 is 1.24 bits per heavy atom. The van der Waals surface area contributed by atoms with Gasteiger partial charge in [0.05, 0.1) is 0 Å². The van der Waals surface area contributed by atoms with Gasteiger partial charge in [0.15, 0.2) is 6.61 Å². The smallest absolute Gasteiger partial charge is 0.321 e. The van der Waals surface area contributed by atoms with Crippen LogP contribution in [0.5, 0.6) is 23.0 Å². The number of phenols is 1. The van der Waals surface area contributed by atoms with Crippen molar-refractivity contribution in [2.45, 2.75) is 71.1 Å². The predicted molar refractivity (Wildman–Crippen MR) is 134 cm³/mol. The van der Waals surface area contributed by atoms with Crippen molar-refractivity contribution in [1.82, 2.24) is 10.6 Å². The van der Waals surface area contributed by atoms with Gasteiger partial charge in [-0.05, 0) is 55.0 Å². The molecule has 7 heteroatoms. The molecule has 0 saturated carbocycles. The van der Waals surface area contributed by atoms with Gasteiger partial charge >= 0.3 is 6.03 Å². The molecule has 0 spiro atoms. The molecule has 0 aromatic heterocycles. The molecule has 0 heterocycles. The third-order valence-corrected chi connectivity index (χ3v) is 5.33. The second-order valence-corrected chi connectivity index (χ2v) is 8.34. The van der Waals surface area contributed by atoms with E-state index < -0.39 is 11.9 Å². The fourth-order valence-electron chi connectivity index (χ4n) is 3.42. The van der Waals surface area contributed by atoms with E-state index >= 15 is 0 Å². The van der Waals surface area contributed by atoms with Crippen molar-refractivity contribution < 1.29 is 24.2 Å². The molecule has 0 aliphatic rings. The maximum Gasteiger partial charge on any atom is 0.321 e. The lowest BCUT2D eigenvalue weighted by molar-refractivity contribution is -0.122. The summed E-state index contributed by atoms with van der Waals surface area (Å²) in [4.78, 5) is 23.8. The Kier molecular flexibility index (Phi) is 13.0. The minimum Gasteiger partial charge on any atom is -0.508 e. The quantitative estimate of drug-likeness (QED) is 0.250. The summed E-state index contributed by atoms with van der Waals surface area (Å²) < 4.78 is 11.1. The zero-order valence-corrected chi connectivity index (χ0v) is 20.2. The first-order valence-corrected chi connectivity index (χ1v) is 12.3. The Balaban J connectivity index is 1.51. The maximum atomic E-state index is 11.9. The zero-order chi connectivity index (χ0) is 24.4. The van der Waals surface area contributed by atoms with Crippen LogP contribution in [0.3, 0.4) is 0 Å². The monoisotopic (exact) mass is 470 g/mol. The van der Waals surface area contributed by atoms with Crippen molar-refractivity contribution in [2.24, 2.45) is 0 Å². The molecule has 0 atom stereocenters. The lowest BCUT2D eigenvalue weighted by Crippen LogP contribution is -2.41. The van der Waals surface area contributed by atoms with Gasteiger partial charge in [0.25, 0.3) is 5.91 Å². The molecule has 0 radical (unpaired) electrons. The van der Waals surface area contributed by atoms with Gasteiger partial charge in [0.1, 0.15) is 23.0 Å². The Hall–Kier alpha value is -3.22. The molecule has 3 N–H and O–H groups in total. The van der Waals surface area contributed by atoms with E-state index in [4.69, 9.17) is 9.47 Å². The zero-order valence-electron chi connectivity index (χ0n) is 20.2. The lowest BCUT2D eigenvalue weighted by atomic mass is 10.1. The summed E-state index contributed by atoms with van der Waals surface area (Å²) in [5.41, 5.74) is 0. The SMILES string of the molecule is CCCCCCCCCCCCNC(=O)NC(=O)COc1ccc(Oc2ccc(O)cc2)cc1. The van der Waals surface area contributed by atoms with Crippen LogP contribution in [-0.2, 0) is 4.79 Å². The molecular weight excluding hydrogens is 432 g/mol. The highest BCUT2D eigenvalue weighted by Crippen LogP contribution is 2.25. The molecular formula is C27H38N2O5. The van der Waals surface area contributed by atoms with Crippen molar-refractivity contribution in [1.29, 1.82) is 0 Å². The summed E-state index contributed by atoms with van der Waals surface area (Å²) in [6, 6.07) is 12.7. The van der Waals surface area contributed by atoms with E-state index in [1.807, 2.05) is 0 Å². The number of unbranched alkanes of at least 4 members (excludes halogenated alkanes) is 9. The Morgan fingerprint density at radius 3 is 1.82 bits per heavy atom. The van der Waals surface area contributed by atoms with Crippen LogP contribution in [0.2, 0.25) is 0 Å². The topological polar surface area (TPSA) is 96.9 Å². The normalized spacial score (nSPS) is 10.5. The van der Waals surface area contributed by atoms with Crippen molar-refractivity contribution in [3.8, 4) is 23.0 Å². The second kappa shape index (κ2) is 16.4. The number of ether oxygens (including phenoxy) is 2. The van der Waals surface area contributed by atoms with Gasteiger partial charge < -0.3 is 19.9 Å². The van der Waals surface area contributed by atoms with Gasteiger partial charge in [-0.2, -0.15) is 0 Å². The number of nitrogens with one attached hydrogen (secondary N) is 2. The molecule has 2 aromatic carbocycles. The molecule has 3 amide bonds. The maximum absolute atomic E-state index is 11.9. The van der Waals surface area contributed by atoms with E-state index in [0.29, 0.717) is 23.8 Å². The standard InChI is InChI=1S/C27H38N2O5/c1-2-3-4-5-6-7-8-9-10-11-20-28-27(32)29-26(31)21-33-23-16-18-25(19-17-23)34-24-14-12-22(30)13-15-24/h12-19,30H,2-11,20-21H2,1H3,(H2,28,29,31,32). The van der Waals surface area contributed by atoms with Crippen molar-refractivity contribution in [3.63, 3.8) is 0 Å². The highest BCUT2D eigenvalue weighted by molar-refractivity contribution is 5.94. The molecule has 186 valence electrons. The van der Waals surface area contributed by atoms with Crippen molar-refractivity contribution in [3.05, 3.63) is 48.5 Å². The average Bonchev–Trinajstić information content (AvgIpc) is 2.83. The van der Waals surface area contributed by atoms with E-state index in [-0.39, 0.29) is 12.4 Å². The van der Waals surface area contributed by atoms with Gasteiger partial charge in [0, 0.05) is 6.54 Å². The van der Waals surface area contributed by atoms with Gasteiger partial charge in [-0.25, -0.2) is 4.79 Å². The third kappa shape index (κ3) is 12.1. The van der Waals surface area contributed by atoms with Gasteiger partial charge in [0.2, 0.25) is 0 Å². The molecule has 0 aliphatic carbocycles. The van der Waals surface area contributed by atoms with E-state index in [1.54, 1.807) is 48.5 Å². The minimum absolute atomic E-state index is 0.168. The lowest BCUT2D eigenvalue weighted by Gasteiger charge is -2.09. The number of amides is 3. The molecule has 2 aromatic rings. The van der Waals surface area contributed by atoms with Gasteiger partial charge in [-0.1, -0.05) is 64.7 Å².